The van der Waals surface area contributed by atoms with Crippen LogP contribution in [0.1, 0.15) is 16.1 Å². The molecule has 0 aromatic carbocycles. The molecule has 0 saturated heterocycles. The molecule has 4 N–H and O–H groups in total. The largest absolute Gasteiger partial charge is 0.478 e. The van der Waals surface area contributed by atoms with Gasteiger partial charge in [0.2, 0.25) is 5.82 Å². The lowest BCUT2D eigenvalue weighted by Gasteiger charge is -1.99. The van der Waals surface area contributed by atoms with Crippen molar-refractivity contribution in [3.63, 3.8) is 0 Å². The zero-order valence-electron chi connectivity index (χ0n) is 15.5. The molecule has 4 aromatic rings. The summed E-state index contributed by atoms with van der Waals surface area (Å²) in [5, 5.41) is 16.2. The molecule has 0 saturated carbocycles. The van der Waals surface area contributed by atoms with E-state index in [0.29, 0.717) is 21.9 Å². The number of carboxylic acid groups (broad SMARTS) is 1. The van der Waals surface area contributed by atoms with E-state index in [1.165, 1.54) is 16.6 Å². The Morgan fingerprint density at radius 2 is 2.14 bits per heavy atom. The average molecular weight is 459 g/mol. The van der Waals surface area contributed by atoms with Crippen molar-refractivity contribution >= 4 is 33.4 Å². The highest BCUT2D eigenvalue weighted by Crippen LogP contribution is 2.23. The maximum absolute atomic E-state index is 10.9. The van der Waals surface area contributed by atoms with Gasteiger partial charge in [0, 0.05) is 24.9 Å². The van der Waals surface area contributed by atoms with Gasteiger partial charge in [-0.15, -0.1) is 5.10 Å². The summed E-state index contributed by atoms with van der Waals surface area (Å²) in [7, 11) is 1.95. The standard InChI is InChI=1S/C11H7BrN4O3.C8H12N2/c12-7-2-1-6(19-7)10-14-9-4-5(11(17)18)3-8(13)16(9)15-10;1-9-7-5-8-4-2-3-6-10-8/h1-4H,13H2,(H,17,18);2-4,6,9H,5,7H2,1H3. The fourth-order valence-electron chi connectivity index (χ4n) is 2.47. The van der Waals surface area contributed by atoms with Gasteiger partial charge in [0.15, 0.2) is 16.1 Å². The topological polar surface area (TPSA) is 132 Å². The van der Waals surface area contributed by atoms with Crippen molar-refractivity contribution in [2.75, 3.05) is 19.3 Å². The number of nitrogen functional groups attached to an aromatic ring is 1. The van der Waals surface area contributed by atoms with E-state index in [1.807, 2.05) is 31.4 Å². The van der Waals surface area contributed by atoms with Gasteiger partial charge >= 0.3 is 5.97 Å². The number of fused-ring (bicyclic) bond motifs is 1. The molecule has 0 radical (unpaired) electrons. The highest BCUT2D eigenvalue weighted by atomic mass is 79.9. The number of nitrogens with two attached hydrogens (primary N) is 1. The normalized spacial score (nSPS) is 10.6. The van der Waals surface area contributed by atoms with Gasteiger partial charge in [0.1, 0.15) is 5.82 Å². The van der Waals surface area contributed by atoms with Crippen molar-refractivity contribution < 1.29 is 14.3 Å². The van der Waals surface area contributed by atoms with Crippen LogP contribution in [0.2, 0.25) is 0 Å². The summed E-state index contributed by atoms with van der Waals surface area (Å²) < 4.78 is 7.25. The van der Waals surface area contributed by atoms with Crippen LogP contribution in [0, 0.1) is 0 Å². The van der Waals surface area contributed by atoms with Crippen molar-refractivity contribution in [2.45, 2.75) is 6.42 Å². The van der Waals surface area contributed by atoms with Gasteiger partial charge in [-0.25, -0.2) is 9.78 Å². The fraction of sp³-hybridized carbons (Fsp3) is 0.158. The van der Waals surface area contributed by atoms with E-state index in [0.717, 1.165) is 18.7 Å². The molecule has 9 nitrogen and oxygen atoms in total. The predicted molar refractivity (Wildman–Crippen MR) is 112 cm³/mol. The van der Waals surface area contributed by atoms with Crippen LogP contribution in [-0.4, -0.2) is 44.3 Å². The molecule has 4 rings (SSSR count). The van der Waals surface area contributed by atoms with Gasteiger partial charge in [-0.3, -0.25) is 4.98 Å². The van der Waals surface area contributed by atoms with E-state index in [9.17, 15) is 4.79 Å². The molecule has 0 bridgehead atoms. The number of anilines is 1. The number of carboxylic acids is 1. The predicted octanol–water partition coefficient (Wildman–Crippen LogP) is 2.88. The van der Waals surface area contributed by atoms with E-state index in [2.05, 4.69) is 36.3 Å². The van der Waals surface area contributed by atoms with Gasteiger partial charge in [0.05, 0.1) is 5.56 Å². The molecule has 0 aliphatic carbocycles. The summed E-state index contributed by atoms with van der Waals surface area (Å²) in [5.41, 5.74) is 7.31. The Morgan fingerprint density at radius 3 is 2.76 bits per heavy atom. The number of nitrogens with zero attached hydrogens (tertiary/aromatic N) is 4. The third-order valence-electron chi connectivity index (χ3n) is 3.86. The van der Waals surface area contributed by atoms with Crippen LogP contribution in [0.15, 0.2) is 57.7 Å². The molecule has 4 heterocycles. The molecule has 0 atom stereocenters. The van der Waals surface area contributed by atoms with Crippen molar-refractivity contribution in [3.05, 3.63) is 64.6 Å². The summed E-state index contributed by atoms with van der Waals surface area (Å²) >= 11 is 3.19. The van der Waals surface area contributed by atoms with Crippen LogP contribution < -0.4 is 11.1 Å². The minimum Gasteiger partial charge on any atom is -0.478 e. The Bertz CT molecular complexity index is 1110. The maximum atomic E-state index is 10.9. The Balaban J connectivity index is 0.000000204. The molecule has 150 valence electrons. The average Bonchev–Trinajstić information content (AvgIpc) is 3.34. The number of furan rings is 1. The van der Waals surface area contributed by atoms with Crippen LogP contribution in [0.4, 0.5) is 5.82 Å². The number of halogens is 1. The first kappa shape index (κ1) is 20.5. The molecule has 0 fully saturated rings. The van der Waals surface area contributed by atoms with Crippen molar-refractivity contribution in [2.24, 2.45) is 0 Å². The van der Waals surface area contributed by atoms with E-state index in [4.69, 9.17) is 15.3 Å². The maximum Gasteiger partial charge on any atom is 0.335 e. The first-order chi connectivity index (χ1) is 14.0. The summed E-state index contributed by atoms with van der Waals surface area (Å²) in [6.45, 7) is 0.997. The van der Waals surface area contributed by atoms with Crippen LogP contribution in [0.25, 0.3) is 17.2 Å². The lowest BCUT2D eigenvalue weighted by atomic mass is 10.2. The molecule has 0 unspecified atom stereocenters. The van der Waals surface area contributed by atoms with Crippen molar-refractivity contribution in [1.29, 1.82) is 0 Å². The van der Waals surface area contributed by atoms with E-state index in [-0.39, 0.29) is 11.4 Å². The molecule has 29 heavy (non-hydrogen) atoms. The number of hydrogen-bond donors (Lipinski definition) is 3. The lowest BCUT2D eigenvalue weighted by Crippen LogP contribution is -2.10. The summed E-state index contributed by atoms with van der Waals surface area (Å²) in [4.78, 5) is 19.3. The van der Waals surface area contributed by atoms with Gasteiger partial charge < -0.3 is 20.6 Å². The van der Waals surface area contributed by atoms with E-state index in [1.54, 1.807) is 12.1 Å². The number of hydrogen-bond acceptors (Lipinski definition) is 7. The van der Waals surface area contributed by atoms with Crippen LogP contribution in [0.3, 0.4) is 0 Å². The second-order valence-electron chi connectivity index (χ2n) is 5.96. The molecule has 0 spiro atoms. The van der Waals surface area contributed by atoms with Crippen LogP contribution in [-0.2, 0) is 6.42 Å². The second-order valence-corrected chi connectivity index (χ2v) is 6.74. The summed E-state index contributed by atoms with van der Waals surface area (Å²) in [6.07, 6.45) is 2.84. The molecular weight excluding hydrogens is 440 g/mol. The SMILES string of the molecule is CNCCc1ccccn1.Nc1cc(C(=O)O)cc2nc(-c3ccc(Br)o3)nn12. The van der Waals surface area contributed by atoms with Gasteiger partial charge in [-0.2, -0.15) is 4.52 Å². The zero-order chi connectivity index (χ0) is 20.8. The highest BCUT2D eigenvalue weighted by molar-refractivity contribution is 9.10. The van der Waals surface area contributed by atoms with Gasteiger partial charge in [-0.05, 0) is 59.4 Å². The quantitative estimate of drug-likeness (QED) is 0.415. The Hall–Kier alpha value is -3.24. The van der Waals surface area contributed by atoms with Crippen molar-refractivity contribution in [1.82, 2.24) is 24.9 Å². The monoisotopic (exact) mass is 458 g/mol. The number of carbonyl (C=O) groups is 1. The Kier molecular flexibility index (Phi) is 6.57. The number of aromatic nitrogens is 4. The fourth-order valence-corrected chi connectivity index (χ4v) is 2.78. The third-order valence-corrected chi connectivity index (χ3v) is 4.29. The summed E-state index contributed by atoms with van der Waals surface area (Å²) in [5.74, 6) is -0.0782. The number of pyridine rings is 2. The molecule has 10 heteroatoms. The van der Waals surface area contributed by atoms with Gasteiger partial charge in [0.25, 0.3) is 0 Å². The van der Waals surface area contributed by atoms with E-state index >= 15 is 0 Å². The zero-order valence-corrected chi connectivity index (χ0v) is 17.1. The van der Waals surface area contributed by atoms with E-state index < -0.39 is 5.97 Å². The highest BCUT2D eigenvalue weighted by Gasteiger charge is 2.14. The molecule has 0 aliphatic rings. The van der Waals surface area contributed by atoms with Gasteiger partial charge in [-0.1, -0.05) is 6.07 Å². The molecular formula is C19H19BrN6O3. The summed E-state index contributed by atoms with van der Waals surface area (Å²) in [6, 6.07) is 12.1. The number of nitrogens with one attached hydrogen (secondary N) is 1. The number of likely N-dealkylation sites (N-methyl/N-ethyl adjacent to an activating group) is 1. The van der Waals surface area contributed by atoms with Crippen LogP contribution >= 0.6 is 15.9 Å². The Labute approximate surface area is 174 Å². The minimum absolute atomic E-state index is 0.0598. The number of rotatable bonds is 5. The lowest BCUT2D eigenvalue weighted by molar-refractivity contribution is 0.0697. The molecule has 0 aliphatic heterocycles. The molecule has 4 aromatic heterocycles. The first-order valence-corrected chi connectivity index (χ1v) is 9.47. The molecule has 0 amide bonds. The van der Waals surface area contributed by atoms with Crippen molar-refractivity contribution in [3.8, 4) is 11.6 Å². The first-order valence-electron chi connectivity index (χ1n) is 8.67. The number of aromatic carboxylic acids is 1. The Morgan fingerprint density at radius 1 is 1.31 bits per heavy atom. The second kappa shape index (κ2) is 9.30. The minimum atomic E-state index is -1.07. The smallest absolute Gasteiger partial charge is 0.335 e. The third kappa shape index (κ3) is 5.18. The van der Waals surface area contributed by atoms with Crippen LogP contribution in [0.5, 0.6) is 0 Å².